The van der Waals surface area contributed by atoms with Crippen LogP contribution in [0.1, 0.15) is 239 Å². The molecule has 53 heavy (non-hydrogen) atoms. The number of allylic oxidation sites excluding steroid dienone is 5. The standard InChI is InChI=1S/C48H91NO4/c1-3-5-7-9-11-13-14-15-16-17-18-19-20-21-22-23-24-25-26-27-28-29-30-31-32-34-35-37-39-41-45(51)43-48(53)49-46(44-50)47(52)42-40-38-36-33-12-10-8-6-4-2/h4,6,12,33,40,42,45-47,50-52H,3,5,7-11,13-32,34-39,41,43-44H2,1-2H3,(H,49,53)/b6-4+,33-12+,42-40+. The molecule has 0 aliphatic rings. The summed E-state index contributed by atoms with van der Waals surface area (Å²) < 4.78 is 0. The Morgan fingerprint density at radius 1 is 0.509 bits per heavy atom. The molecule has 0 aromatic heterocycles. The molecule has 0 saturated heterocycles. The van der Waals surface area contributed by atoms with Crippen LogP contribution in [0.2, 0.25) is 0 Å². The largest absolute Gasteiger partial charge is 0.394 e. The summed E-state index contributed by atoms with van der Waals surface area (Å²) in [4.78, 5) is 12.4. The molecule has 3 unspecified atom stereocenters. The van der Waals surface area contributed by atoms with Gasteiger partial charge in [-0.3, -0.25) is 4.79 Å². The van der Waals surface area contributed by atoms with Crippen molar-refractivity contribution in [2.75, 3.05) is 6.61 Å². The van der Waals surface area contributed by atoms with Crippen molar-refractivity contribution in [1.29, 1.82) is 0 Å². The number of amides is 1. The van der Waals surface area contributed by atoms with Gasteiger partial charge < -0.3 is 20.6 Å². The first-order chi connectivity index (χ1) is 26.0. The van der Waals surface area contributed by atoms with Crippen LogP contribution in [0.15, 0.2) is 36.5 Å². The van der Waals surface area contributed by atoms with Crippen molar-refractivity contribution in [3.05, 3.63) is 36.5 Å². The maximum Gasteiger partial charge on any atom is 0.222 e. The summed E-state index contributed by atoms with van der Waals surface area (Å²) in [6.45, 7) is 3.97. The molecule has 0 rings (SSSR count). The summed E-state index contributed by atoms with van der Waals surface area (Å²) in [6, 6.07) is -0.763. The van der Waals surface area contributed by atoms with E-state index < -0.39 is 18.2 Å². The molecule has 4 N–H and O–H groups in total. The molecule has 1 amide bonds. The third-order valence-corrected chi connectivity index (χ3v) is 10.8. The highest BCUT2D eigenvalue weighted by molar-refractivity contribution is 5.76. The summed E-state index contributed by atoms with van der Waals surface area (Å²) in [7, 11) is 0. The van der Waals surface area contributed by atoms with Gasteiger partial charge in [0, 0.05) is 0 Å². The van der Waals surface area contributed by atoms with Crippen LogP contribution < -0.4 is 5.32 Å². The number of aliphatic hydroxyl groups excluding tert-OH is 3. The SMILES string of the molecule is C/C=C/CC/C=C/CC/C=C/C(O)C(CO)NC(=O)CC(O)CCCCCCCCCCCCCCCCCCCCCCCCCCCCCCC. The number of hydrogen-bond donors (Lipinski definition) is 4. The molecule has 0 aliphatic heterocycles. The lowest BCUT2D eigenvalue weighted by molar-refractivity contribution is -0.124. The van der Waals surface area contributed by atoms with Gasteiger partial charge in [0.25, 0.3) is 0 Å². The minimum absolute atomic E-state index is 0.00445. The molecular weight excluding hydrogens is 655 g/mol. The maximum atomic E-state index is 12.4. The number of carbonyl (C=O) groups is 1. The summed E-state index contributed by atoms with van der Waals surface area (Å²) in [5.41, 5.74) is 0. The van der Waals surface area contributed by atoms with Crippen molar-refractivity contribution < 1.29 is 20.1 Å². The summed E-state index contributed by atoms with van der Waals surface area (Å²) >= 11 is 0. The van der Waals surface area contributed by atoms with E-state index in [4.69, 9.17) is 0 Å². The van der Waals surface area contributed by atoms with E-state index in [-0.39, 0.29) is 18.9 Å². The molecule has 3 atom stereocenters. The number of unbranched alkanes of at least 4 members (excludes halogenated alkanes) is 30. The van der Waals surface area contributed by atoms with Gasteiger partial charge in [0.05, 0.1) is 31.3 Å². The molecule has 0 heterocycles. The Labute approximate surface area is 330 Å². The molecule has 0 aromatic rings. The van der Waals surface area contributed by atoms with Crippen molar-refractivity contribution in [2.24, 2.45) is 0 Å². The van der Waals surface area contributed by atoms with Gasteiger partial charge in [0.2, 0.25) is 5.91 Å². The fourth-order valence-corrected chi connectivity index (χ4v) is 7.20. The third-order valence-electron chi connectivity index (χ3n) is 10.8. The summed E-state index contributed by atoms with van der Waals surface area (Å²) in [5, 5.41) is 33.0. The van der Waals surface area contributed by atoms with E-state index in [9.17, 15) is 20.1 Å². The minimum atomic E-state index is -0.955. The van der Waals surface area contributed by atoms with Gasteiger partial charge in [-0.25, -0.2) is 0 Å². The average molecular weight is 746 g/mol. The quantitative estimate of drug-likeness (QED) is 0.0370. The van der Waals surface area contributed by atoms with Gasteiger partial charge in [-0.1, -0.05) is 230 Å². The predicted molar refractivity (Wildman–Crippen MR) is 231 cm³/mol. The Morgan fingerprint density at radius 3 is 1.21 bits per heavy atom. The minimum Gasteiger partial charge on any atom is -0.394 e. The molecule has 0 aliphatic carbocycles. The first kappa shape index (κ1) is 51.6. The van der Waals surface area contributed by atoms with Gasteiger partial charge in [-0.2, -0.15) is 0 Å². The molecule has 5 nitrogen and oxygen atoms in total. The topological polar surface area (TPSA) is 89.8 Å². The van der Waals surface area contributed by atoms with Crippen molar-refractivity contribution in [3.63, 3.8) is 0 Å². The Kier molecular flexibility index (Phi) is 42.1. The van der Waals surface area contributed by atoms with Crippen molar-refractivity contribution >= 4 is 5.91 Å². The number of nitrogens with one attached hydrogen (secondary N) is 1. The second-order valence-electron chi connectivity index (χ2n) is 16.0. The maximum absolute atomic E-state index is 12.4. The Morgan fingerprint density at radius 2 is 0.849 bits per heavy atom. The molecular formula is C48H91NO4. The van der Waals surface area contributed by atoms with Crippen LogP contribution >= 0.6 is 0 Å². The molecule has 0 spiro atoms. The van der Waals surface area contributed by atoms with E-state index in [2.05, 4.69) is 36.5 Å². The van der Waals surface area contributed by atoms with Crippen LogP contribution in [0.5, 0.6) is 0 Å². The first-order valence-corrected chi connectivity index (χ1v) is 23.2. The zero-order valence-electron chi connectivity index (χ0n) is 35.4. The third kappa shape index (κ3) is 40.1. The lowest BCUT2D eigenvalue weighted by Gasteiger charge is -2.21. The number of carbonyl (C=O) groups excluding carboxylic acids is 1. The van der Waals surface area contributed by atoms with E-state index in [1.54, 1.807) is 6.08 Å². The molecule has 0 radical (unpaired) electrons. The Bertz CT molecular complexity index is 824. The molecule has 0 aromatic carbocycles. The van der Waals surface area contributed by atoms with Crippen LogP contribution in [0, 0.1) is 0 Å². The van der Waals surface area contributed by atoms with Crippen molar-refractivity contribution in [2.45, 2.75) is 257 Å². The van der Waals surface area contributed by atoms with E-state index in [1.165, 1.54) is 173 Å². The van der Waals surface area contributed by atoms with Crippen LogP contribution in [0.25, 0.3) is 0 Å². The monoisotopic (exact) mass is 746 g/mol. The normalized spacial score (nSPS) is 13.8. The zero-order chi connectivity index (χ0) is 38.7. The van der Waals surface area contributed by atoms with Gasteiger partial charge in [0.15, 0.2) is 0 Å². The van der Waals surface area contributed by atoms with Crippen molar-refractivity contribution in [3.8, 4) is 0 Å². The molecule has 0 saturated carbocycles. The van der Waals surface area contributed by atoms with E-state index in [1.807, 2.05) is 13.0 Å². The lowest BCUT2D eigenvalue weighted by Crippen LogP contribution is -2.45. The number of aliphatic hydroxyl groups is 3. The van der Waals surface area contributed by atoms with Gasteiger partial charge in [-0.05, 0) is 39.0 Å². The average Bonchev–Trinajstić information content (AvgIpc) is 3.15. The number of hydrogen-bond acceptors (Lipinski definition) is 4. The zero-order valence-corrected chi connectivity index (χ0v) is 35.4. The van der Waals surface area contributed by atoms with Gasteiger partial charge in [0.1, 0.15) is 0 Å². The smallest absolute Gasteiger partial charge is 0.222 e. The highest BCUT2D eigenvalue weighted by atomic mass is 16.3. The fraction of sp³-hybridized carbons (Fsp3) is 0.854. The van der Waals surface area contributed by atoms with Crippen LogP contribution in [-0.2, 0) is 4.79 Å². The van der Waals surface area contributed by atoms with E-state index >= 15 is 0 Å². The highest BCUT2D eigenvalue weighted by Crippen LogP contribution is 2.17. The second-order valence-corrected chi connectivity index (χ2v) is 16.0. The second kappa shape index (κ2) is 43.3. The van der Waals surface area contributed by atoms with Gasteiger partial charge >= 0.3 is 0 Å². The van der Waals surface area contributed by atoms with Crippen LogP contribution in [-0.4, -0.2) is 46.1 Å². The molecule has 312 valence electrons. The predicted octanol–water partition coefficient (Wildman–Crippen LogP) is 13.5. The van der Waals surface area contributed by atoms with E-state index in [0.717, 1.165) is 38.5 Å². The van der Waals surface area contributed by atoms with Crippen molar-refractivity contribution in [1.82, 2.24) is 5.32 Å². The Balaban J connectivity index is 3.48. The lowest BCUT2D eigenvalue weighted by atomic mass is 10.0. The van der Waals surface area contributed by atoms with Gasteiger partial charge in [-0.15, -0.1) is 0 Å². The van der Waals surface area contributed by atoms with Crippen LogP contribution in [0.4, 0.5) is 0 Å². The Hall–Kier alpha value is -1.43. The molecule has 0 fully saturated rings. The first-order valence-electron chi connectivity index (χ1n) is 23.2. The molecule has 0 bridgehead atoms. The molecule has 5 heteroatoms. The highest BCUT2D eigenvalue weighted by Gasteiger charge is 2.20. The summed E-state index contributed by atoms with van der Waals surface area (Å²) in [6.07, 6.45) is 54.9. The van der Waals surface area contributed by atoms with Crippen LogP contribution in [0.3, 0.4) is 0 Å². The fourth-order valence-electron chi connectivity index (χ4n) is 7.20. The summed E-state index contributed by atoms with van der Waals surface area (Å²) in [5.74, 6) is -0.330. The number of rotatable bonds is 42. The van der Waals surface area contributed by atoms with E-state index in [0.29, 0.717) is 6.42 Å².